The quantitative estimate of drug-likeness (QED) is 0.565. The molecular formula is C15H11BrClFO. The number of ketones is 1. The molecule has 0 aliphatic rings. The van der Waals surface area contributed by atoms with Crippen molar-refractivity contribution in [3.05, 3.63) is 68.4 Å². The number of benzene rings is 2. The Balaban J connectivity index is 2.40. The van der Waals surface area contributed by atoms with Crippen LogP contribution in [-0.2, 0) is 6.42 Å². The molecule has 0 aliphatic heterocycles. The summed E-state index contributed by atoms with van der Waals surface area (Å²) in [6.07, 6.45) is 0.914. The predicted molar refractivity (Wildman–Crippen MR) is 78.4 cm³/mol. The van der Waals surface area contributed by atoms with E-state index >= 15 is 0 Å². The average molecular weight is 342 g/mol. The molecule has 0 atom stereocenters. The van der Waals surface area contributed by atoms with Crippen molar-refractivity contribution in [1.82, 2.24) is 0 Å². The van der Waals surface area contributed by atoms with Gasteiger partial charge >= 0.3 is 0 Å². The highest BCUT2D eigenvalue weighted by atomic mass is 79.9. The fourth-order valence-corrected chi connectivity index (χ4v) is 2.32. The van der Waals surface area contributed by atoms with E-state index in [1.165, 1.54) is 6.07 Å². The van der Waals surface area contributed by atoms with Crippen LogP contribution in [0, 0.1) is 5.82 Å². The van der Waals surface area contributed by atoms with Crippen molar-refractivity contribution in [3.63, 3.8) is 0 Å². The van der Waals surface area contributed by atoms with Crippen LogP contribution >= 0.6 is 27.5 Å². The number of hydrogen-bond acceptors (Lipinski definition) is 1. The van der Waals surface area contributed by atoms with E-state index in [9.17, 15) is 9.18 Å². The third kappa shape index (κ3) is 3.04. The lowest BCUT2D eigenvalue weighted by atomic mass is 10.0. The van der Waals surface area contributed by atoms with Crippen LogP contribution in [0.4, 0.5) is 4.39 Å². The zero-order chi connectivity index (χ0) is 14.0. The maximum Gasteiger partial charge on any atom is 0.194 e. The van der Waals surface area contributed by atoms with E-state index in [-0.39, 0.29) is 15.3 Å². The van der Waals surface area contributed by atoms with Gasteiger partial charge in [-0.2, -0.15) is 0 Å². The maximum atomic E-state index is 13.3. The fraction of sp³-hybridized carbons (Fsp3) is 0.133. The van der Waals surface area contributed by atoms with Crippen LogP contribution in [-0.4, -0.2) is 5.78 Å². The minimum absolute atomic E-state index is 0.116. The molecule has 1 nitrogen and oxygen atoms in total. The molecule has 0 N–H and O–H groups in total. The van der Waals surface area contributed by atoms with Gasteiger partial charge in [0, 0.05) is 11.1 Å². The molecule has 0 aromatic heterocycles. The van der Waals surface area contributed by atoms with Crippen LogP contribution in [0.15, 0.2) is 40.9 Å². The molecule has 98 valence electrons. The first-order valence-corrected chi connectivity index (χ1v) is 6.98. The molecular weight excluding hydrogens is 331 g/mol. The summed E-state index contributed by atoms with van der Waals surface area (Å²) < 4.78 is 13.5. The van der Waals surface area contributed by atoms with Crippen LogP contribution in [0.3, 0.4) is 0 Å². The number of carbonyl (C=O) groups excluding carboxylic acids is 1. The first kappa shape index (κ1) is 14.2. The highest BCUT2D eigenvalue weighted by Crippen LogP contribution is 2.26. The third-order valence-corrected chi connectivity index (χ3v) is 3.80. The van der Waals surface area contributed by atoms with E-state index in [4.69, 9.17) is 11.6 Å². The number of rotatable bonds is 3. The molecule has 2 rings (SSSR count). The molecule has 0 bridgehead atoms. The van der Waals surface area contributed by atoms with Gasteiger partial charge in [-0.1, -0.05) is 42.8 Å². The summed E-state index contributed by atoms with van der Waals surface area (Å²) >= 11 is 8.98. The zero-order valence-corrected chi connectivity index (χ0v) is 12.6. The molecule has 0 heterocycles. The molecule has 0 amide bonds. The fourth-order valence-electron chi connectivity index (χ4n) is 1.74. The van der Waals surface area contributed by atoms with E-state index in [0.29, 0.717) is 11.1 Å². The Bertz CT molecular complexity index is 623. The summed E-state index contributed by atoms with van der Waals surface area (Å²) in [7, 11) is 0. The molecule has 0 spiro atoms. The van der Waals surface area contributed by atoms with E-state index in [1.54, 1.807) is 12.1 Å². The topological polar surface area (TPSA) is 17.1 Å². The van der Waals surface area contributed by atoms with Crippen molar-refractivity contribution in [1.29, 1.82) is 0 Å². The average Bonchev–Trinajstić information content (AvgIpc) is 2.42. The van der Waals surface area contributed by atoms with Gasteiger partial charge in [0.05, 0.1) is 9.50 Å². The Morgan fingerprint density at radius 3 is 2.47 bits per heavy atom. The largest absolute Gasteiger partial charge is 0.289 e. The van der Waals surface area contributed by atoms with Gasteiger partial charge < -0.3 is 0 Å². The summed E-state index contributed by atoms with van der Waals surface area (Å²) in [6.45, 7) is 2.05. The van der Waals surface area contributed by atoms with Gasteiger partial charge in [-0.15, -0.1) is 0 Å². The number of halogens is 3. The van der Waals surface area contributed by atoms with E-state index < -0.39 is 5.82 Å². The van der Waals surface area contributed by atoms with Crippen LogP contribution in [0.2, 0.25) is 5.02 Å². The Hall–Kier alpha value is -1.19. The van der Waals surface area contributed by atoms with E-state index in [1.807, 2.05) is 19.1 Å². The number of hydrogen-bond donors (Lipinski definition) is 0. The van der Waals surface area contributed by atoms with Crippen molar-refractivity contribution < 1.29 is 9.18 Å². The van der Waals surface area contributed by atoms with Crippen LogP contribution in [0.5, 0.6) is 0 Å². The van der Waals surface area contributed by atoms with Crippen LogP contribution in [0.25, 0.3) is 0 Å². The van der Waals surface area contributed by atoms with Crippen molar-refractivity contribution in [2.45, 2.75) is 13.3 Å². The normalized spacial score (nSPS) is 10.5. The van der Waals surface area contributed by atoms with Gasteiger partial charge in [-0.3, -0.25) is 4.79 Å². The summed E-state index contributed by atoms with van der Waals surface area (Å²) in [5.74, 6) is -0.698. The Morgan fingerprint density at radius 2 is 1.89 bits per heavy atom. The van der Waals surface area contributed by atoms with Crippen molar-refractivity contribution in [2.24, 2.45) is 0 Å². The van der Waals surface area contributed by atoms with Gasteiger partial charge in [-0.05, 0) is 40.0 Å². The lowest BCUT2D eigenvalue weighted by Crippen LogP contribution is -2.03. The second kappa shape index (κ2) is 5.85. The molecule has 0 fully saturated rings. The summed E-state index contributed by atoms with van der Waals surface area (Å²) in [5.41, 5.74) is 1.99. The van der Waals surface area contributed by atoms with Crippen molar-refractivity contribution >= 4 is 33.3 Å². The molecule has 2 aromatic carbocycles. The summed E-state index contributed by atoms with van der Waals surface area (Å²) in [5, 5.41) is 0.116. The molecule has 0 radical (unpaired) electrons. The first-order valence-electron chi connectivity index (χ1n) is 5.81. The van der Waals surface area contributed by atoms with Gasteiger partial charge in [-0.25, -0.2) is 4.39 Å². The van der Waals surface area contributed by atoms with E-state index in [2.05, 4.69) is 15.9 Å². The second-order valence-electron chi connectivity index (χ2n) is 4.13. The van der Waals surface area contributed by atoms with E-state index in [0.717, 1.165) is 18.1 Å². The lowest BCUT2D eigenvalue weighted by Gasteiger charge is -2.06. The van der Waals surface area contributed by atoms with Gasteiger partial charge in [0.15, 0.2) is 5.78 Å². The number of carbonyl (C=O) groups is 1. The van der Waals surface area contributed by atoms with Crippen molar-refractivity contribution in [2.75, 3.05) is 0 Å². The molecule has 19 heavy (non-hydrogen) atoms. The Morgan fingerprint density at radius 1 is 1.26 bits per heavy atom. The summed E-state index contributed by atoms with van der Waals surface area (Å²) in [4.78, 5) is 12.3. The minimum atomic E-state index is -0.483. The molecule has 0 aliphatic carbocycles. The lowest BCUT2D eigenvalue weighted by molar-refractivity contribution is 0.103. The maximum absolute atomic E-state index is 13.3. The standard InChI is InChI=1S/C15H11BrClFO/c1-2-9-3-5-10(6-4-9)15(19)11-7-12(16)14(18)8-13(11)17/h3-8H,2H2,1H3. The highest BCUT2D eigenvalue weighted by molar-refractivity contribution is 9.10. The molecule has 0 saturated heterocycles. The first-order chi connectivity index (χ1) is 9.02. The number of aryl methyl sites for hydroxylation is 1. The van der Waals surface area contributed by atoms with Crippen LogP contribution < -0.4 is 0 Å². The molecule has 0 saturated carbocycles. The predicted octanol–water partition coefficient (Wildman–Crippen LogP) is 5.04. The van der Waals surface area contributed by atoms with Gasteiger partial charge in [0.25, 0.3) is 0 Å². The van der Waals surface area contributed by atoms with Crippen molar-refractivity contribution in [3.8, 4) is 0 Å². The second-order valence-corrected chi connectivity index (χ2v) is 5.39. The zero-order valence-electron chi connectivity index (χ0n) is 10.2. The summed E-state index contributed by atoms with van der Waals surface area (Å²) in [6, 6.07) is 9.87. The monoisotopic (exact) mass is 340 g/mol. The molecule has 0 unspecified atom stereocenters. The third-order valence-electron chi connectivity index (χ3n) is 2.88. The van der Waals surface area contributed by atoms with Gasteiger partial charge in [0.1, 0.15) is 5.82 Å². The smallest absolute Gasteiger partial charge is 0.194 e. The minimum Gasteiger partial charge on any atom is -0.289 e. The molecule has 2 aromatic rings. The van der Waals surface area contributed by atoms with Crippen LogP contribution in [0.1, 0.15) is 28.4 Å². The SMILES string of the molecule is CCc1ccc(C(=O)c2cc(Br)c(F)cc2Cl)cc1. The Labute approximate surface area is 124 Å². The van der Waals surface area contributed by atoms with Gasteiger partial charge in [0.2, 0.25) is 0 Å². The molecule has 4 heteroatoms. The Kier molecular flexibility index (Phi) is 4.38. The highest BCUT2D eigenvalue weighted by Gasteiger charge is 2.15.